The molecule has 0 amide bonds. The number of aromatic nitrogens is 2. The van der Waals surface area contributed by atoms with Gasteiger partial charge in [0.05, 0.1) is 5.52 Å². The summed E-state index contributed by atoms with van der Waals surface area (Å²) < 4.78 is 0. The van der Waals surface area contributed by atoms with Crippen LogP contribution in [0.4, 0.5) is 5.69 Å². The van der Waals surface area contributed by atoms with Crippen molar-refractivity contribution in [2.45, 2.75) is 13.5 Å². The minimum atomic E-state index is 0.703. The Balaban J connectivity index is 1.94. The van der Waals surface area contributed by atoms with Gasteiger partial charge < -0.3 is 5.32 Å². The van der Waals surface area contributed by atoms with Crippen LogP contribution < -0.4 is 5.32 Å². The van der Waals surface area contributed by atoms with E-state index in [1.165, 1.54) is 0 Å². The standard InChI is InChI=1S/C16H14ClN3/c1-11-7-15(19-10-12-3-2-6-18-9-12)14-5-4-13(17)8-16(14)20-11/h2-9H,10H2,1H3,(H,19,20). The molecule has 0 atom stereocenters. The van der Waals surface area contributed by atoms with Gasteiger partial charge in [-0.15, -0.1) is 0 Å². The lowest BCUT2D eigenvalue weighted by Gasteiger charge is -2.11. The second-order valence-corrected chi connectivity index (χ2v) is 5.12. The van der Waals surface area contributed by atoms with Crippen LogP contribution in [0.2, 0.25) is 5.02 Å². The highest BCUT2D eigenvalue weighted by Crippen LogP contribution is 2.26. The minimum absolute atomic E-state index is 0.703. The molecule has 1 aromatic carbocycles. The maximum Gasteiger partial charge on any atom is 0.0740 e. The highest BCUT2D eigenvalue weighted by atomic mass is 35.5. The number of anilines is 1. The lowest BCUT2D eigenvalue weighted by molar-refractivity contribution is 1.11. The second-order valence-electron chi connectivity index (χ2n) is 4.69. The van der Waals surface area contributed by atoms with E-state index in [2.05, 4.69) is 15.3 Å². The fraction of sp³-hybridized carbons (Fsp3) is 0.125. The SMILES string of the molecule is Cc1cc(NCc2cccnc2)c2ccc(Cl)cc2n1. The first-order valence-electron chi connectivity index (χ1n) is 6.42. The summed E-state index contributed by atoms with van der Waals surface area (Å²) in [5, 5.41) is 5.22. The first-order valence-corrected chi connectivity index (χ1v) is 6.80. The molecule has 0 bridgehead atoms. The Morgan fingerprint density at radius 1 is 1.20 bits per heavy atom. The number of halogens is 1. The number of fused-ring (bicyclic) bond motifs is 1. The van der Waals surface area contributed by atoms with Crippen LogP contribution in [0.1, 0.15) is 11.3 Å². The van der Waals surface area contributed by atoms with Gasteiger partial charge in [0.15, 0.2) is 0 Å². The summed E-state index contributed by atoms with van der Waals surface area (Å²) in [6.45, 7) is 2.71. The van der Waals surface area contributed by atoms with Crippen LogP contribution in [0.25, 0.3) is 10.9 Å². The van der Waals surface area contributed by atoms with Gasteiger partial charge >= 0.3 is 0 Å². The molecule has 2 heterocycles. The van der Waals surface area contributed by atoms with E-state index < -0.39 is 0 Å². The molecule has 1 N–H and O–H groups in total. The van der Waals surface area contributed by atoms with Crippen molar-refractivity contribution in [2.24, 2.45) is 0 Å². The van der Waals surface area contributed by atoms with Crippen LogP contribution in [-0.4, -0.2) is 9.97 Å². The largest absolute Gasteiger partial charge is 0.380 e. The van der Waals surface area contributed by atoms with Gasteiger partial charge in [-0.05, 0) is 42.8 Å². The van der Waals surface area contributed by atoms with Crippen molar-refractivity contribution in [2.75, 3.05) is 5.32 Å². The summed E-state index contributed by atoms with van der Waals surface area (Å²) in [5.74, 6) is 0. The van der Waals surface area contributed by atoms with Crippen LogP contribution in [0.5, 0.6) is 0 Å². The predicted molar refractivity (Wildman–Crippen MR) is 83.1 cm³/mol. The van der Waals surface area contributed by atoms with E-state index in [0.717, 1.165) is 34.4 Å². The molecule has 0 fully saturated rings. The van der Waals surface area contributed by atoms with Gasteiger partial charge in [0.1, 0.15) is 0 Å². The molecule has 2 aromatic heterocycles. The van der Waals surface area contributed by atoms with E-state index >= 15 is 0 Å². The molecule has 0 saturated heterocycles. The molecule has 20 heavy (non-hydrogen) atoms. The molecule has 3 nitrogen and oxygen atoms in total. The van der Waals surface area contributed by atoms with Crippen LogP contribution >= 0.6 is 11.6 Å². The third-order valence-electron chi connectivity index (χ3n) is 3.11. The molecule has 0 aliphatic rings. The van der Waals surface area contributed by atoms with Crippen LogP contribution in [-0.2, 0) is 6.54 Å². The molecule has 0 unspecified atom stereocenters. The number of nitrogens with zero attached hydrogens (tertiary/aromatic N) is 2. The monoisotopic (exact) mass is 283 g/mol. The second kappa shape index (κ2) is 5.47. The zero-order chi connectivity index (χ0) is 13.9. The van der Waals surface area contributed by atoms with Gasteiger partial charge in [0.2, 0.25) is 0 Å². The molecule has 0 aliphatic heterocycles. The summed E-state index contributed by atoms with van der Waals surface area (Å²) >= 11 is 6.03. The summed E-state index contributed by atoms with van der Waals surface area (Å²) in [7, 11) is 0. The number of nitrogens with one attached hydrogen (secondary N) is 1. The van der Waals surface area contributed by atoms with E-state index in [0.29, 0.717) is 5.02 Å². The molecular weight excluding hydrogens is 270 g/mol. The van der Waals surface area contributed by atoms with Gasteiger partial charge in [-0.1, -0.05) is 17.7 Å². The van der Waals surface area contributed by atoms with Gasteiger partial charge in [-0.2, -0.15) is 0 Å². The smallest absolute Gasteiger partial charge is 0.0740 e. The molecule has 0 aliphatic carbocycles. The zero-order valence-corrected chi connectivity index (χ0v) is 11.9. The topological polar surface area (TPSA) is 37.8 Å². The molecule has 0 saturated carbocycles. The summed E-state index contributed by atoms with van der Waals surface area (Å²) in [6, 6.07) is 11.8. The first-order chi connectivity index (χ1) is 9.72. The van der Waals surface area contributed by atoms with E-state index in [1.54, 1.807) is 6.20 Å². The average molecular weight is 284 g/mol. The van der Waals surface area contributed by atoms with Crippen molar-refractivity contribution >= 4 is 28.2 Å². The Morgan fingerprint density at radius 2 is 2.10 bits per heavy atom. The maximum absolute atomic E-state index is 6.03. The number of hydrogen-bond acceptors (Lipinski definition) is 3. The van der Waals surface area contributed by atoms with E-state index in [1.807, 2.05) is 49.5 Å². The predicted octanol–water partition coefficient (Wildman–Crippen LogP) is 4.20. The Kier molecular flexibility index (Phi) is 3.52. The van der Waals surface area contributed by atoms with E-state index in [-0.39, 0.29) is 0 Å². The average Bonchev–Trinajstić information content (AvgIpc) is 2.45. The van der Waals surface area contributed by atoms with Crippen molar-refractivity contribution in [3.05, 3.63) is 65.1 Å². The van der Waals surface area contributed by atoms with Crippen molar-refractivity contribution in [3.8, 4) is 0 Å². The molecule has 0 radical (unpaired) electrons. The van der Waals surface area contributed by atoms with Crippen molar-refractivity contribution in [3.63, 3.8) is 0 Å². The van der Waals surface area contributed by atoms with Crippen LogP contribution in [0.15, 0.2) is 48.8 Å². The Labute approximate surface area is 122 Å². The van der Waals surface area contributed by atoms with Crippen LogP contribution in [0.3, 0.4) is 0 Å². The third kappa shape index (κ3) is 2.73. The highest BCUT2D eigenvalue weighted by molar-refractivity contribution is 6.31. The lowest BCUT2D eigenvalue weighted by atomic mass is 10.1. The minimum Gasteiger partial charge on any atom is -0.380 e. The Morgan fingerprint density at radius 3 is 2.90 bits per heavy atom. The number of rotatable bonds is 3. The fourth-order valence-electron chi connectivity index (χ4n) is 2.18. The molecule has 3 aromatic rings. The van der Waals surface area contributed by atoms with Gasteiger partial charge in [-0.3, -0.25) is 9.97 Å². The lowest BCUT2D eigenvalue weighted by Crippen LogP contribution is -2.01. The van der Waals surface area contributed by atoms with Gasteiger partial charge in [0, 0.05) is 40.7 Å². The zero-order valence-electron chi connectivity index (χ0n) is 11.1. The maximum atomic E-state index is 6.03. The Bertz CT molecular complexity index is 736. The summed E-state index contributed by atoms with van der Waals surface area (Å²) in [6.07, 6.45) is 3.64. The normalized spacial score (nSPS) is 10.7. The van der Waals surface area contributed by atoms with Crippen LogP contribution in [0, 0.1) is 6.92 Å². The molecule has 3 rings (SSSR count). The number of benzene rings is 1. The molecular formula is C16H14ClN3. The van der Waals surface area contributed by atoms with Gasteiger partial charge in [0.25, 0.3) is 0 Å². The van der Waals surface area contributed by atoms with Crippen molar-refractivity contribution in [1.29, 1.82) is 0 Å². The number of aryl methyl sites for hydroxylation is 1. The quantitative estimate of drug-likeness (QED) is 0.783. The fourth-order valence-corrected chi connectivity index (χ4v) is 2.35. The molecule has 100 valence electrons. The summed E-state index contributed by atoms with van der Waals surface area (Å²) in [5.41, 5.74) is 4.08. The van der Waals surface area contributed by atoms with E-state index in [9.17, 15) is 0 Å². The third-order valence-corrected chi connectivity index (χ3v) is 3.34. The van der Waals surface area contributed by atoms with Crippen molar-refractivity contribution < 1.29 is 0 Å². The first kappa shape index (κ1) is 12.9. The van der Waals surface area contributed by atoms with E-state index in [4.69, 9.17) is 11.6 Å². The van der Waals surface area contributed by atoms with Gasteiger partial charge in [-0.25, -0.2) is 0 Å². The molecule has 4 heteroatoms. The molecule has 0 spiro atoms. The van der Waals surface area contributed by atoms with Crippen molar-refractivity contribution in [1.82, 2.24) is 9.97 Å². The number of hydrogen-bond donors (Lipinski definition) is 1. The highest BCUT2D eigenvalue weighted by Gasteiger charge is 2.04. The Hall–Kier alpha value is -2.13. The number of pyridine rings is 2. The summed E-state index contributed by atoms with van der Waals surface area (Å²) in [4.78, 5) is 8.63.